The van der Waals surface area contributed by atoms with Crippen molar-refractivity contribution in [2.45, 2.75) is 51.0 Å². The maximum atomic E-state index is 5.88. The van der Waals surface area contributed by atoms with E-state index in [-0.39, 0.29) is 0 Å². The SMILES string of the molecule is CC(CCNC1CCCCC1CN)c1ccccc1. The van der Waals surface area contributed by atoms with Gasteiger partial charge in [0.1, 0.15) is 0 Å². The molecule has 2 heteroatoms. The Kier molecular flexibility index (Phi) is 5.87. The van der Waals surface area contributed by atoms with Crippen LogP contribution >= 0.6 is 0 Å². The zero-order chi connectivity index (χ0) is 13.5. The molecular formula is C17H28N2. The quantitative estimate of drug-likeness (QED) is 0.823. The second-order valence-electron chi connectivity index (χ2n) is 5.94. The van der Waals surface area contributed by atoms with Crippen molar-refractivity contribution >= 4 is 0 Å². The molecule has 0 aromatic heterocycles. The van der Waals surface area contributed by atoms with E-state index >= 15 is 0 Å². The first-order chi connectivity index (χ1) is 9.31. The monoisotopic (exact) mass is 260 g/mol. The minimum absolute atomic E-state index is 0.633. The molecule has 1 fully saturated rings. The number of rotatable bonds is 6. The Hall–Kier alpha value is -0.860. The fourth-order valence-electron chi connectivity index (χ4n) is 3.19. The summed E-state index contributed by atoms with van der Waals surface area (Å²) >= 11 is 0. The predicted octanol–water partition coefficient (Wildman–Crippen LogP) is 3.29. The molecule has 0 heterocycles. The molecule has 1 aromatic carbocycles. The van der Waals surface area contributed by atoms with Crippen LogP contribution in [0.3, 0.4) is 0 Å². The van der Waals surface area contributed by atoms with Crippen molar-refractivity contribution in [2.75, 3.05) is 13.1 Å². The van der Waals surface area contributed by atoms with E-state index < -0.39 is 0 Å². The number of hydrogen-bond acceptors (Lipinski definition) is 2. The van der Waals surface area contributed by atoms with Gasteiger partial charge in [-0.2, -0.15) is 0 Å². The lowest BCUT2D eigenvalue weighted by atomic mass is 9.84. The summed E-state index contributed by atoms with van der Waals surface area (Å²) in [5.41, 5.74) is 7.32. The molecule has 19 heavy (non-hydrogen) atoms. The van der Waals surface area contributed by atoms with Crippen LogP contribution in [0.1, 0.15) is 50.5 Å². The van der Waals surface area contributed by atoms with E-state index in [4.69, 9.17) is 5.73 Å². The highest BCUT2D eigenvalue weighted by Crippen LogP contribution is 2.24. The first kappa shape index (κ1) is 14.5. The third-order valence-corrected chi connectivity index (χ3v) is 4.56. The fraction of sp³-hybridized carbons (Fsp3) is 0.647. The third kappa shape index (κ3) is 4.32. The summed E-state index contributed by atoms with van der Waals surface area (Å²) < 4.78 is 0. The highest BCUT2D eigenvalue weighted by molar-refractivity contribution is 5.18. The Morgan fingerprint density at radius 1 is 1.21 bits per heavy atom. The van der Waals surface area contributed by atoms with Crippen LogP contribution in [0, 0.1) is 5.92 Å². The van der Waals surface area contributed by atoms with Gasteiger partial charge in [-0.25, -0.2) is 0 Å². The van der Waals surface area contributed by atoms with Crippen molar-refractivity contribution in [2.24, 2.45) is 11.7 Å². The van der Waals surface area contributed by atoms with Crippen molar-refractivity contribution in [1.29, 1.82) is 0 Å². The van der Waals surface area contributed by atoms with Crippen molar-refractivity contribution in [1.82, 2.24) is 5.32 Å². The van der Waals surface area contributed by atoms with Crippen LogP contribution < -0.4 is 11.1 Å². The van der Waals surface area contributed by atoms with Crippen LogP contribution in [0.15, 0.2) is 30.3 Å². The summed E-state index contributed by atoms with van der Waals surface area (Å²) in [5.74, 6) is 1.33. The third-order valence-electron chi connectivity index (χ3n) is 4.56. The van der Waals surface area contributed by atoms with Gasteiger partial charge in [0.05, 0.1) is 0 Å². The molecule has 0 bridgehead atoms. The van der Waals surface area contributed by atoms with E-state index in [1.54, 1.807) is 0 Å². The zero-order valence-corrected chi connectivity index (χ0v) is 12.1. The van der Waals surface area contributed by atoms with E-state index in [2.05, 4.69) is 42.6 Å². The summed E-state index contributed by atoms with van der Waals surface area (Å²) in [5, 5.41) is 3.74. The van der Waals surface area contributed by atoms with Crippen LogP contribution in [-0.2, 0) is 0 Å². The molecule has 3 unspecified atom stereocenters. The molecule has 1 aliphatic rings. The average Bonchev–Trinajstić information content (AvgIpc) is 2.48. The van der Waals surface area contributed by atoms with E-state index in [0.717, 1.165) is 13.1 Å². The minimum atomic E-state index is 0.633. The van der Waals surface area contributed by atoms with E-state index in [0.29, 0.717) is 17.9 Å². The first-order valence-electron chi connectivity index (χ1n) is 7.79. The molecule has 1 saturated carbocycles. The van der Waals surface area contributed by atoms with Crippen molar-refractivity contribution in [3.05, 3.63) is 35.9 Å². The molecule has 1 aromatic rings. The molecule has 0 spiro atoms. The summed E-state index contributed by atoms with van der Waals surface area (Å²) in [6, 6.07) is 11.5. The van der Waals surface area contributed by atoms with Crippen LogP contribution in [0.2, 0.25) is 0 Å². The van der Waals surface area contributed by atoms with Crippen molar-refractivity contribution < 1.29 is 0 Å². The van der Waals surface area contributed by atoms with Gasteiger partial charge < -0.3 is 11.1 Å². The normalized spacial score (nSPS) is 25.2. The molecule has 106 valence electrons. The molecular weight excluding hydrogens is 232 g/mol. The standard InChI is InChI=1S/C17H28N2/c1-14(15-7-3-2-4-8-15)11-12-19-17-10-6-5-9-16(17)13-18/h2-4,7-8,14,16-17,19H,5-6,9-13,18H2,1H3. The van der Waals surface area contributed by atoms with Gasteiger partial charge in [-0.05, 0) is 49.8 Å². The Bertz CT molecular complexity index is 350. The Morgan fingerprint density at radius 2 is 1.95 bits per heavy atom. The number of nitrogens with two attached hydrogens (primary N) is 1. The molecule has 3 N–H and O–H groups in total. The van der Waals surface area contributed by atoms with Crippen molar-refractivity contribution in [3.63, 3.8) is 0 Å². The van der Waals surface area contributed by atoms with Gasteiger partial charge in [-0.1, -0.05) is 50.1 Å². The number of benzene rings is 1. The van der Waals surface area contributed by atoms with E-state index in [9.17, 15) is 0 Å². The van der Waals surface area contributed by atoms with Gasteiger partial charge in [0.15, 0.2) is 0 Å². The van der Waals surface area contributed by atoms with Gasteiger partial charge in [0, 0.05) is 6.04 Å². The minimum Gasteiger partial charge on any atom is -0.330 e. The molecule has 0 radical (unpaired) electrons. The van der Waals surface area contributed by atoms with E-state index in [1.807, 2.05) is 0 Å². The summed E-state index contributed by atoms with van der Waals surface area (Å²) in [4.78, 5) is 0. The van der Waals surface area contributed by atoms with Gasteiger partial charge in [-0.15, -0.1) is 0 Å². The molecule has 0 aliphatic heterocycles. The van der Waals surface area contributed by atoms with Gasteiger partial charge >= 0.3 is 0 Å². The number of hydrogen-bond donors (Lipinski definition) is 2. The molecule has 0 saturated heterocycles. The average molecular weight is 260 g/mol. The maximum Gasteiger partial charge on any atom is 0.0107 e. The Balaban J connectivity index is 1.73. The molecule has 3 atom stereocenters. The topological polar surface area (TPSA) is 38.0 Å². The lowest BCUT2D eigenvalue weighted by Gasteiger charge is -2.31. The Labute approximate surface area is 117 Å². The predicted molar refractivity (Wildman–Crippen MR) is 82.3 cm³/mol. The smallest absolute Gasteiger partial charge is 0.0107 e. The molecule has 2 rings (SSSR count). The van der Waals surface area contributed by atoms with Gasteiger partial charge in [0.2, 0.25) is 0 Å². The van der Waals surface area contributed by atoms with Crippen LogP contribution in [0.25, 0.3) is 0 Å². The zero-order valence-electron chi connectivity index (χ0n) is 12.1. The number of nitrogens with one attached hydrogen (secondary N) is 1. The first-order valence-corrected chi connectivity index (χ1v) is 7.79. The second kappa shape index (κ2) is 7.66. The van der Waals surface area contributed by atoms with Crippen molar-refractivity contribution in [3.8, 4) is 0 Å². The van der Waals surface area contributed by atoms with E-state index in [1.165, 1.54) is 37.7 Å². The lowest BCUT2D eigenvalue weighted by Crippen LogP contribution is -2.42. The van der Waals surface area contributed by atoms with Crippen LogP contribution in [0.4, 0.5) is 0 Å². The van der Waals surface area contributed by atoms with Crippen LogP contribution in [0.5, 0.6) is 0 Å². The highest BCUT2D eigenvalue weighted by atomic mass is 14.9. The van der Waals surface area contributed by atoms with Gasteiger partial charge in [-0.3, -0.25) is 0 Å². The summed E-state index contributed by atoms with van der Waals surface area (Å²) in [6.07, 6.45) is 6.55. The van der Waals surface area contributed by atoms with Crippen LogP contribution in [-0.4, -0.2) is 19.1 Å². The second-order valence-corrected chi connectivity index (χ2v) is 5.94. The summed E-state index contributed by atoms with van der Waals surface area (Å²) in [6.45, 7) is 4.27. The molecule has 0 amide bonds. The highest BCUT2D eigenvalue weighted by Gasteiger charge is 2.23. The molecule has 1 aliphatic carbocycles. The molecule has 2 nitrogen and oxygen atoms in total. The van der Waals surface area contributed by atoms with Gasteiger partial charge in [0.25, 0.3) is 0 Å². The summed E-state index contributed by atoms with van der Waals surface area (Å²) in [7, 11) is 0. The Morgan fingerprint density at radius 3 is 2.68 bits per heavy atom. The lowest BCUT2D eigenvalue weighted by molar-refractivity contribution is 0.266. The largest absolute Gasteiger partial charge is 0.330 e. The maximum absolute atomic E-state index is 5.88. The fourth-order valence-corrected chi connectivity index (χ4v) is 3.19.